The first-order valence-corrected chi connectivity index (χ1v) is 8.16. The third-order valence-electron chi connectivity index (χ3n) is 3.90. The van der Waals surface area contributed by atoms with Crippen molar-refractivity contribution in [2.75, 3.05) is 33.7 Å². The summed E-state index contributed by atoms with van der Waals surface area (Å²) in [6.45, 7) is 4.80. The molecule has 20 heavy (non-hydrogen) atoms. The largest absolute Gasteiger partial charge is 0.348 e. The summed E-state index contributed by atoms with van der Waals surface area (Å²) >= 11 is 1.81. The molecule has 5 heteroatoms. The van der Waals surface area contributed by atoms with Crippen molar-refractivity contribution in [2.45, 2.75) is 31.8 Å². The summed E-state index contributed by atoms with van der Waals surface area (Å²) in [7, 11) is 3.64. The molecule has 4 nitrogen and oxygen atoms in total. The maximum Gasteiger partial charge on any atom is 0.236 e. The van der Waals surface area contributed by atoms with Gasteiger partial charge in [-0.3, -0.25) is 9.69 Å². The lowest BCUT2D eigenvalue weighted by atomic mass is 10.0. The van der Waals surface area contributed by atoms with Crippen molar-refractivity contribution in [3.63, 3.8) is 0 Å². The van der Waals surface area contributed by atoms with Crippen LogP contribution < -0.4 is 5.32 Å². The molecule has 112 valence electrons. The van der Waals surface area contributed by atoms with E-state index in [4.69, 9.17) is 0 Å². The van der Waals surface area contributed by atoms with Crippen LogP contribution in [0.3, 0.4) is 0 Å². The van der Waals surface area contributed by atoms with E-state index in [-0.39, 0.29) is 5.91 Å². The Morgan fingerprint density at radius 3 is 2.75 bits per heavy atom. The average molecular weight is 295 g/mol. The monoisotopic (exact) mass is 295 g/mol. The van der Waals surface area contributed by atoms with Crippen molar-refractivity contribution in [3.8, 4) is 0 Å². The highest BCUT2D eigenvalue weighted by atomic mass is 32.1. The molecule has 2 rings (SSSR count). The molecule has 0 spiro atoms. The van der Waals surface area contributed by atoms with E-state index in [9.17, 15) is 4.79 Å². The molecular weight excluding hydrogens is 270 g/mol. The zero-order valence-electron chi connectivity index (χ0n) is 12.6. The van der Waals surface area contributed by atoms with Gasteiger partial charge in [-0.2, -0.15) is 0 Å². The van der Waals surface area contributed by atoms with Crippen LogP contribution in [-0.2, 0) is 4.79 Å². The van der Waals surface area contributed by atoms with Crippen LogP contribution in [0.1, 0.15) is 30.7 Å². The van der Waals surface area contributed by atoms with E-state index in [1.165, 1.54) is 4.88 Å². The van der Waals surface area contributed by atoms with Crippen LogP contribution in [0, 0.1) is 0 Å². The van der Waals surface area contributed by atoms with Gasteiger partial charge in [-0.15, -0.1) is 11.3 Å². The summed E-state index contributed by atoms with van der Waals surface area (Å²) in [6.07, 6.45) is 2.24. The van der Waals surface area contributed by atoms with Crippen LogP contribution in [0.2, 0.25) is 0 Å². The van der Waals surface area contributed by atoms with Crippen molar-refractivity contribution in [1.82, 2.24) is 15.1 Å². The fourth-order valence-corrected chi connectivity index (χ4v) is 3.31. The number of hydrogen-bond acceptors (Lipinski definition) is 4. The molecule has 1 fully saturated rings. The Morgan fingerprint density at radius 2 is 2.20 bits per heavy atom. The van der Waals surface area contributed by atoms with Crippen LogP contribution in [-0.4, -0.2) is 55.5 Å². The molecule has 0 unspecified atom stereocenters. The molecule has 1 aromatic rings. The molecule has 1 aliphatic heterocycles. The summed E-state index contributed by atoms with van der Waals surface area (Å²) in [5.74, 6) is 0.198. The maximum atomic E-state index is 11.7. The van der Waals surface area contributed by atoms with Gasteiger partial charge in [0.05, 0.1) is 6.54 Å². The van der Waals surface area contributed by atoms with Gasteiger partial charge in [0.25, 0.3) is 0 Å². The number of piperidine rings is 1. The molecule has 0 saturated carbocycles. The van der Waals surface area contributed by atoms with E-state index < -0.39 is 0 Å². The van der Waals surface area contributed by atoms with E-state index in [1.807, 2.05) is 25.4 Å². The predicted octanol–water partition coefficient (Wildman–Crippen LogP) is 1.95. The number of nitrogens with zero attached hydrogens (tertiary/aromatic N) is 2. The smallest absolute Gasteiger partial charge is 0.236 e. The van der Waals surface area contributed by atoms with Gasteiger partial charge in [0.15, 0.2) is 0 Å². The van der Waals surface area contributed by atoms with Crippen molar-refractivity contribution < 1.29 is 4.79 Å². The first kappa shape index (κ1) is 15.5. The average Bonchev–Trinajstić information content (AvgIpc) is 2.95. The van der Waals surface area contributed by atoms with Gasteiger partial charge in [0, 0.05) is 44.1 Å². The highest BCUT2D eigenvalue weighted by Gasteiger charge is 2.22. The highest BCUT2D eigenvalue weighted by Crippen LogP contribution is 2.21. The summed E-state index contributed by atoms with van der Waals surface area (Å²) in [4.78, 5) is 17.0. The predicted molar refractivity (Wildman–Crippen MR) is 84.0 cm³/mol. The van der Waals surface area contributed by atoms with Crippen molar-refractivity contribution in [2.24, 2.45) is 0 Å². The standard InChI is InChI=1S/C15H25N3OS/c1-12(14-5-4-10-20-14)16-13-6-8-18(9-7-13)11-15(19)17(2)3/h4-5,10,12-13,16H,6-9,11H2,1-3H3/t12-/m1/s1. The summed E-state index contributed by atoms with van der Waals surface area (Å²) in [6, 6.07) is 5.29. The molecule has 0 aliphatic carbocycles. The lowest BCUT2D eigenvalue weighted by molar-refractivity contribution is -0.130. The number of nitrogens with one attached hydrogen (secondary N) is 1. The van der Waals surface area contributed by atoms with Gasteiger partial charge in [-0.05, 0) is 31.2 Å². The third kappa shape index (κ3) is 4.30. The van der Waals surface area contributed by atoms with Crippen LogP contribution >= 0.6 is 11.3 Å². The van der Waals surface area contributed by atoms with Gasteiger partial charge >= 0.3 is 0 Å². The Balaban J connectivity index is 1.73. The minimum Gasteiger partial charge on any atom is -0.348 e. The fraction of sp³-hybridized carbons (Fsp3) is 0.667. The van der Waals surface area contributed by atoms with Crippen molar-refractivity contribution in [1.29, 1.82) is 0 Å². The quantitative estimate of drug-likeness (QED) is 0.902. The van der Waals surface area contributed by atoms with Gasteiger partial charge < -0.3 is 10.2 Å². The second kappa shape index (κ2) is 7.20. The number of likely N-dealkylation sites (tertiary alicyclic amines) is 1. The zero-order valence-corrected chi connectivity index (χ0v) is 13.4. The minimum atomic E-state index is 0.198. The van der Waals surface area contributed by atoms with E-state index >= 15 is 0 Å². The summed E-state index contributed by atoms with van der Waals surface area (Å²) in [5.41, 5.74) is 0. The Hall–Kier alpha value is -0.910. The second-order valence-electron chi connectivity index (χ2n) is 5.74. The number of amides is 1. The minimum absolute atomic E-state index is 0.198. The molecule has 1 aliphatic rings. The van der Waals surface area contributed by atoms with E-state index in [0.717, 1.165) is 25.9 Å². The topological polar surface area (TPSA) is 35.6 Å². The van der Waals surface area contributed by atoms with Crippen LogP contribution in [0.25, 0.3) is 0 Å². The van der Waals surface area contributed by atoms with Gasteiger partial charge in [0.2, 0.25) is 5.91 Å². The molecule has 1 amide bonds. The molecule has 1 saturated heterocycles. The lowest BCUT2D eigenvalue weighted by Crippen LogP contribution is -2.46. The van der Waals surface area contributed by atoms with Crippen LogP contribution in [0.4, 0.5) is 0 Å². The Bertz CT molecular complexity index is 411. The Morgan fingerprint density at radius 1 is 1.50 bits per heavy atom. The fourth-order valence-electron chi connectivity index (χ4n) is 2.56. The first-order valence-electron chi connectivity index (χ1n) is 7.28. The molecule has 0 radical (unpaired) electrons. The number of thiophene rings is 1. The van der Waals surface area contributed by atoms with Crippen LogP contribution in [0.15, 0.2) is 17.5 Å². The summed E-state index contributed by atoms with van der Waals surface area (Å²) in [5, 5.41) is 5.83. The third-order valence-corrected chi connectivity index (χ3v) is 4.96. The molecule has 1 atom stereocenters. The SMILES string of the molecule is C[C@@H](NC1CCN(CC(=O)N(C)C)CC1)c1cccs1. The Kier molecular flexibility index (Phi) is 5.57. The second-order valence-corrected chi connectivity index (χ2v) is 6.72. The summed E-state index contributed by atoms with van der Waals surface area (Å²) < 4.78 is 0. The number of rotatable bonds is 5. The van der Waals surface area contributed by atoms with Gasteiger partial charge in [-0.1, -0.05) is 6.07 Å². The van der Waals surface area contributed by atoms with E-state index in [1.54, 1.807) is 4.90 Å². The molecular formula is C15H25N3OS. The molecule has 0 aromatic carbocycles. The number of carbonyl (C=O) groups excluding carboxylic acids is 1. The zero-order chi connectivity index (χ0) is 14.5. The maximum absolute atomic E-state index is 11.7. The van der Waals surface area contributed by atoms with Crippen molar-refractivity contribution in [3.05, 3.63) is 22.4 Å². The van der Waals surface area contributed by atoms with Gasteiger partial charge in [0.1, 0.15) is 0 Å². The van der Waals surface area contributed by atoms with E-state index in [2.05, 4.69) is 34.7 Å². The molecule has 0 bridgehead atoms. The Labute approximate surface area is 125 Å². The number of likely N-dealkylation sites (N-methyl/N-ethyl adjacent to an activating group) is 1. The molecule has 1 aromatic heterocycles. The number of carbonyl (C=O) groups is 1. The van der Waals surface area contributed by atoms with Crippen molar-refractivity contribution >= 4 is 17.2 Å². The number of hydrogen-bond donors (Lipinski definition) is 1. The lowest BCUT2D eigenvalue weighted by Gasteiger charge is -2.33. The van der Waals surface area contributed by atoms with Gasteiger partial charge in [-0.25, -0.2) is 0 Å². The first-order chi connectivity index (χ1) is 9.56. The normalized spacial score (nSPS) is 18.9. The van der Waals surface area contributed by atoms with E-state index in [0.29, 0.717) is 18.6 Å². The molecule has 2 heterocycles. The van der Waals surface area contributed by atoms with Crippen LogP contribution in [0.5, 0.6) is 0 Å². The highest BCUT2D eigenvalue weighted by molar-refractivity contribution is 7.10. The molecule has 1 N–H and O–H groups in total.